The van der Waals surface area contributed by atoms with Crippen LogP contribution in [0.4, 0.5) is 0 Å². The lowest BCUT2D eigenvalue weighted by Crippen LogP contribution is -2.52. The third-order valence-electron chi connectivity index (χ3n) is 2.90. The Morgan fingerprint density at radius 1 is 1.38 bits per heavy atom. The minimum absolute atomic E-state index is 0.246. The van der Waals surface area contributed by atoms with Crippen LogP contribution in [0.5, 0.6) is 0 Å². The van der Waals surface area contributed by atoms with Crippen LogP contribution in [0.15, 0.2) is 23.1 Å². The summed E-state index contributed by atoms with van der Waals surface area (Å²) in [6.07, 6.45) is 0.942. The van der Waals surface area contributed by atoms with Gasteiger partial charge in [0.05, 0.1) is 11.6 Å². The predicted octanol–water partition coefficient (Wildman–Crippen LogP) is 4.41. The van der Waals surface area contributed by atoms with Crippen LogP contribution in [0, 0.1) is 0 Å². The molecule has 0 heterocycles. The van der Waals surface area contributed by atoms with Crippen molar-refractivity contribution in [2.45, 2.75) is 37.6 Å². The summed E-state index contributed by atoms with van der Waals surface area (Å²) in [5.74, 6) is 0.274. The first-order valence-corrected chi connectivity index (χ1v) is 8.67. The summed E-state index contributed by atoms with van der Waals surface area (Å²) in [6.45, 7) is 6.83. The number of rotatable bonds is 8. The van der Waals surface area contributed by atoms with Crippen molar-refractivity contribution >= 4 is 40.9 Å². The first-order valence-electron chi connectivity index (χ1n) is 6.93. The van der Waals surface area contributed by atoms with Gasteiger partial charge in [0.25, 0.3) is 0 Å². The fraction of sp³-hybridized carbons (Fsp3) is 0.533. The zero-order valence-electron chi connectivity index (χ0n) is 12.5. The van der Waals surface area contributed by atoms with Crippen LogP contribution in [0.25, 0.3) is 0 Å². The highest BCUT2D eigenvalue weighted by Gasteiger charge is 2.34. The number of nitrogens with one attached hydrogen (secondary N) is 1. The monoisotopic (exact) mass is 349 g/mol. The lowest BCUT2D eigenvalue weighted by atomic mass is 10.1. The molecule has 0 amide bonds. The molecule has 0 radical (unpaired) electrons. The van der Waals surface area contributed by atoms with E-state index in [2.05, 4.69) is 12.2 Å². The molecule has 1 aromatic carbocycles. The molecule has 1 aromatic rings. The third kappa shape index (κ3) is 5.70. The summed E-state index contributed by atoms with van der Waals surface area (Å²) in [7, 11) is 0. The number of thioether (sulfide) groups is 1. The van der Waals surface area contributed by atoms with Crippen LogP contribution in [0.3, 0.4) is 0 Å². The average Bonchev–Trinajstić information content (AvgIpc) is 2.46. The topological polar surface area (TPSA) is 38.3 Å². The summed E-state index contributed by atoms with van der Waals surface area (Å²) < 4.78 is 5.17. The third-order valence-corrected chi connectivity index (χ3v) is 4.95. The largest absolute Gasteiger partial charge is 0.465 e. The zero-order chi connectivity index (χ0) is 15.9. The molecule has 0 aliphatic rings. The maximum atomic E-state index is 12.2. The highest BCUT2D eigenvalue weighted by molar-refractivity contribution is 7.99. The van der Waals surface area contributed by atoms with Crippen molar-refractivity contribution in [2.24, 2.45) is 0 Å². The van der Waals surface area contributed by atoms with Crippen LogP contribution < -0.4 is 5.32 Å². The molecule has 0 aliphatic carbocycles. The Bertz CT molecular complexity index is 485. The SMILES string of the molecule is CCCNC(C)(CSc1cc(Cl)ccc1Cl)C(=O)OCC. The molecule has 0 bridgehead atoms. The van der Waals surface area contributed by atoms with Gasteiger partial charge in [-0.15, -0.1) is 11.8 Å². The number of benzene rings is 1. The minimum Gasteiger partial charge on any atom is -0.465 e. The first-order chi connectivity index (χ1) is 9.92. The standard InChI is InChI=1S/C15H21Cl2NO2S/c1-4-8-18-15(3,14(19)20-5-2)10-21-13-9-11(16)6-7-12(13)17/h6-7,9,18H,4-5,8,10H2,1-3H3. The van der Waals surface area contributed by atoms with Crippen molar-refractivity contribution < 1.29 is 9.53 Å². The van der Waals surface area contributed by atoms with Crippen molar-refractivity contribution in [1.29, 1.82) is 0 Å². The number of hydrogen-bond donors (Lipinski definition) is 1. The lowest BCUT2D eigenvalue weighted by Gasteiger charge is -2.28. The Hall–Kier alpha value is -0.420. The highest BCUT2D eigenvalue weighted by atomic mass is 35.5. The number of hydrogen-bond acceptors (Lipinski definition) is 4. The van der Waals surface area contributed by atoms with E-state index < -0.39 is 5.54 Å². The molecule has 21 heavy (non-hydrogen) atoms. The summed E-state index contributed by atoms with van der Waals surface area (Å²) in [5.41, 5.74) is -0.748. The lowest BCUT2D eigenvalue weighted by molar-refractivity contribution is -0.149. The van der Waals surface area contributed by atoms with Gasteiger partial charge >= 0.3 is 5.97 Å². The van der Waals surface area contributed by atoms with E-state index in [1.807, 2.05) is 6.92 Å². The Kier molecular flexibility index (Phi) is 7.88. The van der Waals surface area contributed by atoms with Crippen molar-refractivity contribution in [3.8, 4) is 0 Å². The summed E-state index contributed by atoms with van der Waals surface area (Å²) >= 11 is 13.6. The van der Waals surface area contributed by atoms with E-state index in [1.54, 1.807) is 25.1 Å². The van der Waals surface area contributed by atoms with E-state index >= 15 is 0 Å². The van der Waals surface area contributed by atoms with Gasteiger partial charge in [-0.25, -0.2) is 0 Å². The maximum Gasteiger partial charge on any atom is 0.326 e. The Morgan fingerprint density at radius 2 is 2.10 bits per heavy atom. The molecule has 6 heteroatoms. The van der Waals surface area contributed by atoms with E-state index in [4.69, 9.17) is 27.9 Å². The molecule has 0 spiro atoms. The van der Waals surface area contributed by atoms with Crippen molar-refractivity contribution in [3.05, 3.63) is 28.2 Å². The summed E-state index contributed by atoms with van der Waals surface area (Å²) in [5, 5.41) is 4.52. The molecular formula is C15H21Cl2NO2S. The normalized spacial score (nSPS) is 13.8. The maximum absolute atomic E-state index is 12.2. The Balaban J connectivity index is 2.81. The van der Waals surface area contributed by atoms with E-state index in [-0.39, 0.29) is 5.97 Å². The van der Waals surface area contributed by atoms with Crippen LogP contribution in [0.1, 0.15) is 27.2 Å². The molecule has 1 unspecified atom stereocenters. The molecule has 0 saturated heterocycles. The van der Waals surface area contributed by atoms with Crippen LogP contribution in [-0.4, -0.2) is 30.4 Å². The predicted molar refractivity (Wildman–Crippen MR) is 90.5 cm³/mol. The van der Waals surface area contributed by atoms with Gasteiger partial charge in [-0.2, -0.15) is 0 Å². The minimum atomic E-state index is -0.748. The van der Waals surface area contributed by atoms with Crippen molar-refractivity contribution in [2.75, 3.05) is 18.9 Å². The summed E-state index contributed by atoms with van der Waals surface area (Å²) in [6, 6.07) is 5.31. The number of esters is 1. The molecule has 1 atom stereocenters. The molecule has 1 N–H and O–H groups in total. The van der Waals surface area contributed by atoms with Crippen LogP contribution >= 0.6 is 35.0 Å². The quantitative estimate of drug-likeness (QED) is 0.557. The molecule has 0 fully saturated rings. The molecular weight excluding hydrogens is 329 g/mol. The van der Waals surface area contributed by atoms with E-state index in [0.717, 1.165) is 17.9 Å². The van der Waals surface area contributed by atoms with Gasteiger partial charge in [-0.05, 0) is 45.0 Å². The van der Waals surface area contributed by atoms with Gasteiger partial charge in [-0.1, -0.05) is 30.1 Å². The molecule has 118 valence electrons. The van der Waals surface area contributed by atoms with E-state index in [1.165, 1.54) is 11.8 Å². The number of ether oxygens (including phenoxy) is 1. The second-order valence-electron chi connectivity index (χ2n) is 4.84. The second kappa shape index (κ2) is 8.89. The second-order valence-corrected chi connectivity index (χ2v) is 6.70. The van der Waals surface area contributed by atoms with Crippen LogP contribution in [0.2, 0.25) is 10.0 Å². The van der Waals surface area contributed by atoms with Crippen LogP contribution in [-0.2, 0) is 9.53 Å². The van der Waals surface area contributed by atoms with Crippen molar-refractivity contribution in [3.63, 3.8) is 0 Å². The van der Waals surface area contributed by atoms with Crippen molar-refractivity contribution in [1.82, 2.24) is 5.32 Å². The fourth-order valence-corrected chi connectivity index (χ4v) is 3.28. The number of halogens is 2. The van der Waals surface area contributed by atoms with E-state index in [0.29, 0.717) is 22.4 Å². The number of carbonyl (C=O) groups excluding carboxylic acids is 1. The average molecular weight is 350 g/mol. The molecule has 0 aliphatic heterocycles. The van der Waals surface area contributed by atoms with Gasteiger partial charge in [0.15, 0.2) is 0 Å². The van der Waals surface area contributed by atoms with Gasteiger partial charge in [-0.3, -0.25) is 4.79 Å². The molecule has 3 nitrogen and oxygen atoms in total. The van der Waals surface area contributed by atoms with E-state index in [9.17, 15) is 4.79 Å². The highest BCUT2D eigenvalue weighted by Crippen LogP contribution is 2.32. The molecule has 0 aromatic heterocycles. The zero-order valence-corrected chi connectivity index (χ0v) is 14.9. The van der Waals surface area contributed by atoms with Gasteiger partial charge in [0.2, 0.25) is 0 Å². The molecule has 0 saturated carbocycles. The van der Waals surface area contributed by atoms with Gasteiger partial charge in [0.1, 0.15) is 5.54 Å². The summed E-state index contributed by atoms with van der Waals surface area (Å²) in [4.78, 5) is 13.0. The number of carbonyl (C=O) groups is 1. The first kappa shape index (κ1) is 18.6. The van der Waals surface area contributed by atoms with Gasteiger partial charge < -0.3 is 10.1 Å². The smallest absolute Gasteiger partial charge is 0.326 e. The molecule has 1 rings (SSSR count). The Labute approximate surface area is 140 Å². The fourth-order valence-electron chi connectivity index (χ4n) is 1.68. The van der Waals surface area contributed by atoms with Gasteiger partial charge in [0, 0.05) is 15.7 Å². The Morgan fingerprint density at radius 3 is 2.71 bits per heavy atom.